The van der Waals surface area contributed by atoms with Gasteiger partial charge >= 0.3 is 0 Å². The topological polar surface area (TPSA) is 61.0 Å². The van der Waals surface area contributed by atoms with Gasteiger partial charge < -0.3 is 10.5 Å². The van der Waals surface area contributed by atoms with Crippen LogP contribution in [0.5, 0.6) is 11.6 Å². The molecule has 0 bridgehead atoms. The molecule has 94 valence electrons. The van der Waals surface area contributed by atoms with E-state index in [-0.39, 0.29) is 5.95 Å². The Labute approximate surface area is 107 Å². The summed E-state index contributed by atoms with van der Waals surface area (Å²) in [7, 11) is 0. The van der Waals surface area contributed by atoms with Gasteiger partial charge in [0.2, 0.25) is 11.8 Å². The highest BCUT2D eigenvalue weighted by Crippen LogP contribution is 2.20. The first-order chi connectivity index (χ1) is 8.78. The Balaban J connectivity index is 2.02. The van der Waals surface area contributed by atoms with Gasteiger partial charge in [-0.15, -0.1) is 0 Å². The summed E-state index contributed by atoms with van der Waals surface area (Å²) in [5, 5.41) is 0. The number of hydrogen-bond donors (Lipinski definition) is 1. The molecular weight excluding hydrogens is 226 g/mol. The normalized spacial score (nSPS) is 10.3. The number of nitrogens with zero attached hydrogens (tertiary/aromatic N) is 2. The van der Waals surface area contributed by atoms with Crippen molar-refractivity contribution in [3.05, 3.63) is 42.1 Å². The number of rotatable bonds is 5. The predicted molar refractivity (Wildman–Crippen MR) is 71.6 cm³/mol. The number of unbranched alkanes of at least 4 members (excludes halogenated alkanes) is 1. The molecule has 18 heavy (non-hydrogen) atoms. The van der Waals surface area contributed by atoms with Crippen LogP contribution in [0.25, 0.3) is 0 Å². The second-order valence-electron chi connectivity index (χ2n) is 4.10. The number of anilines is 1. The summed E-state index contributed by atoms with van der Waals surface area (Å²) in [6, 6.07) is 9.74. The molecular formula is C14H17N3O. The second kappa shape index (κ2) is 6.00. The molecule has 1 heterocycles. The molecule has 2 N–H and O–H groups in total. The van der Waals surface area contributed by atoms with Gasteiger partial charge in [0.15, 0.2) is 0 Å². The zero-order valence-corrected chi connectivity index (χ0v) is 10.5. The molecule has 0 saturated heterocycles. The summed E-state index contributed by atoms with van der Waals surface area (Å²) in [4.78, 5) is 7.80. The van der Waals surface area contributed by atoms with E-state index < -0.39 is 0 Å². The van der Waals surface area contributed by atoms with Crippen molar-refractivity contribution < 1.29 is 4.74 Å². The molecule has 0 aliphatic carbocycles. The van der Waals surface area contributed by atoms with Gasteiger partial charge in [0.25, 0.3) is 0 Å². The number of aromatic nitrogens is 2. The highest BCUT2D eigenvalue weighted by molar-refractivity contribution is 5.31. The average molecular weight is 243 g/mol. The smallest absolute Gasteiger partial charge is 0.224 e. The van der Waals surface area contributed by atoms with Crippen molar-refractivity contribution in [3.8, 4) is 11.6 Å². The number of nitrogen functional groups attached to an aromatic ring is 1. The Bertz CT molecular complexity index is 497. The number of benzene rings is 1. The van der Waals surface area contributed by atoms with Crippen LogP contribution >= 0.6 is 0 Å². The van der Waals surface area contributed by atoms with E-state index >= 15 is 0 Å². The number of nitrogens with two attached hydrogens (primary N) is 1. The molecule has 4 heteroatoms. The molecule has 0 radical (unpaired) electrons. The quantitative estimate of drug-likeness (QED) is 0.876. The highest BCUT2D eigenvalue weighted by atomic mass is 16.5. The van der Waals surface area contributed by atoms with Crippen molar-refractivity contribution in [2.24, 2.45) is 0 Å². The van der Waals surface area contributed by atoms with Crippen LogP contribution in [-0.4, -0.2) is 9.97 Å². The summed E-state index contributed by atoms with van der Waals surface area (Å²) >= 11 is 0. The molecule has 0 unspecified atom stereocenters. The lowest BCUT2D eigenvalue weighted by molar-refractivity contribution is 0.462. The summed E-state index contributed by atoms with van der Waals surface area (Å²) in [6.45, 7) is 2.19. The number of hydrogen-bond acceptors (Lipinski definition) is 4. The summed E-state index contributed by atoms with van der Waals surface area (Å²) in [6.07, 6.45) is 5.10. The molecule has 1 aromatic heterocycles. The van der Waals surface area contributed by atoms with Crippen LogP contribution in [0, 0.1) is 0 Å². The Morgan fingerprint density at radius 2 is 1.94 bits per heavy atom. The fraction of sp³-hybridized carbons (Fsp3) is 0.286. The number of ether oxygens (including phenoxy) is 1. The summed E-state index contributed by atoms with van der Waals surface area (Å²) in [5.41, 5.74) is 6.81. The van der Waals surface area contributed by atoms with Gasteiger partial charge in [0, 0.05) is 12.3 Å². The third-order valence-electron chi connectivity index (χ3n) is 2.61. The van der Waals surface area contributed by atoms with Crippen LogP contribution in [0.3, 0.4) is 0 Å². The Morgan fingerprint density at radius 1 is 1.17 bits per heavy atom. The van der Waals surface area contributed by atoms with Crippen LogP contribution in [0.15, 0.2) is 36.5 Å². The van der Waals surface area contributed by atoms with Crippen LogP contribution < -0.4 is 10.5 Å². The Hall–Kier alpha value is -2.10. The minimum absolute atomic E-state index is 0.215. The van der Waals surface area contributed by atoms with Gasteiger partial charge in [-0.2, -0.15) is 4.98 Å². The van der Waals surface area contributed by atoms with E-state index in [0.717, 1.165) is 12.2 Å². The SMILES string of the molecule is CCCCc1ccc(Oc2ccnc(N)n2)cc1. The first kappa shape index (κ1) is 12.4. The van der Waals surface area contributed by atoms with E-state index in [0.29, 0.717) is 5.88 Å². The lowest BCUT2D eigenvalue weighted by Gasteiger charge is -2.06. The van der Waals surface area contributed by atoms with E-state index in [1.165, 1.54) is 18.4 Å². The van der Waals surface area contributed by atoms with Gasteiger partial charge in [-0.05, 0) is 30.5 Å². The van der Waals surface area contributed by atoms with Gasteiger partial charge in [-0.1, -0.05) is 25.5 Å². The van der Waals surface area contributed by atoms with Crippen LogP contribution in [0.4, 0.5) is 5.95 Å². The molecule has 0 aliphatic rings. The molecule has 1 aromatic carbocycles. The van der Waals surface area contributed by atoms with E-state index in [4.69, 9.17) is 10.5 Å². The van der Waals surface area contributed by atoms with Crippen molar-refractivity contribution in [3.63, 3.8) is 0 Å². The molecule has 2 rings (SSSR count). The lowest BCUT2D eigenvalue weighted by Crippen LogP contribution is -1.96. The van der Waals surface area contributed by atoms with Crippen molar-refractivity contribution in [1.82, 2.24) is 9.97 Å². The molecule has 0 spiro atoms. The van der Waals surface area contributed by atoms with Gasteiger partial charge in [-0.3, -0.25) is 0 Å². The number of aryl methyl sites for hydroxylation is 1. The fourth-order valence-corrected chi connectivity index (χ4v) is 1.64. The Morgan fingerprint density at radius 3 is 2.61 bits per heavy atom. The van der Waals surface area contributed by atoms with E-state index in [1.807, 2.05) is 12.1 Å². The second-order valence-corrected chi connectivity index (χ2v) is 4.10. The molecule has 2 aromatic rings. The van der Waals surface area contributed by atoms with Gasteiger partial charge in [0.1, 0.15) is 5.75 Å². The first-order valence-electron chi connectivity index (χ1n) is 6.13. The average Bonchev–Trinajstić information content (AvgIpc) is 2.38. The Kier molecular flexibility index (Phi) is 4.12. The maximum atomic E-state index is 5.59. The largest absolute Gasteiger partial charge is 0.439 e. The molecule has 0 aliphatic heterocycles. The zero-order chi connectivity index (χ0) is 12.8. The van der Waals surface area contributed by atoms with Crippen LogP contribution in [-0.2, 0) is 6.42 Å². The molecule has 4 nitrogen and oxygen atoms in total. The van der Waals surface area contributed by atoms with Crippen molar-refractivity contribution in [1.29, 1.82) is 0 Å². The lowest BCUT2D eigenvalue weighted by atomic mass is 10.1. The van der Waals surface area contributed by atoms with Crippen molar-refractivity contribution in [2.75, 3.05) is 5.73 Å². The van der Waals surface area contributed by atoms with Crippen molar-refractivity contribution >= 4 is 5.95 Å². The fourth-order valence-electron chi connectivity index (χ4n) is 1.64. The zero-order valence-electron chi connectivity index (χ0n) is 10.5. The molecule has 0 amide bonds. The minimum atomic E-state index is 0.215. The van der Waals surface area contributed by atoms with E-state index in [1.54, 1.807) is 12.3 Å². The summed E-state index contributed by atoms with van der Waals surface area (Å²) in [5.74, 6) is 1.43. The molecule has 0 fully saturated rings. The molecule has 0 atom stereocenters. The third kappa shape index (κ3) is 3.45. The van der Waals surface area contributed by atoms with Gasteiger partial charge in [0.05, 0.1) is 0 Å². The summed E-state index contributed by atoms with van der Waals surface area (Å²) < 4.78 is 5.59. The third-order valence-corrected chi connectivity index (χ3v) is 2.61. The maximum absolute atomic E-state index is 5.59. The van der Waals surface area contributed by atoms with Gasteiger partial charge in [-0.25, -0.2) is 4.98 Å². The van der Waals surface area contributed by atoms with Crippen LogP contribution in [0.2, 0.25) is 0 Å². The standard InChI is InChI=1S/C14H17N3O/c1-2-3-4-11-5-7-12(8-6-11)18-13-9-10-16-14(15)17-13/h5-10H,2-4H2,1H3,(H2,15,16,17). The first-order valence-corrected chi connectivity index (χ1v) is 6.13. The highest BCUT2D eigenvalue weighted by Gasteiger charge is 2.00. The van der Waals surface area contributed by atoms with E-state index in [9.17, 15) is 0 Å². The minimum Gasteiger partial charge on any atom is -0.439 e. The predicted octanol–water partition coefficient (Wildman–Crippen LogP) is 3.19. The molecule has 0 saturated carbocycles. The maximum Gasteiger partial charge on any atom is 0.224 e. The monoisotopic (exact) mass is 243 g/mol. The van der Waals surface area contributed by atoms with Crippen molar-refractivity contribution in [2.45, 2.75) is 26.2 Å². The van der Waals surface area contributed by atoms with E-state index in [2.05, 4.69) is 29.0 Å². The van der Waals surface area contributed by atoms with Crippen LogP contribution in [0.1, 0.15) is 25.3 Å².